The number of rotatable bonds is 2. The van der Waals surface area contributed by atoms with Crippen LogP contribution in [0.5, 0.6) is 0 Å². The van der Waals surface area contributed by atoms with E-state index >= 15 is 0 Å². The van der Waals surface area contributed by atoms with Crippen LogP contribution in [0.25, 0.3) is 5.65 Å². The first-order valence-corrected chi connectivity index (χ1v) is 5.73. The Morgan fingerprint density at radius 1 is 1.22 bits per heavy atom. The summed E-state index contributed by atoms with van der Waals surface area (Å²) in [4.78, 5) is 4.32. The molecule has 0 spiro atoms. The second-order valence-electron chi connectivity index (χ2n) is 3.84. The van der Waals surface area contributed by atoms with Crippen molar-refractivity contribution in [3.63, 3.8) is 0 Å². The summed E-state index contributed by atoms with van der Waals surface area (Å²) in [6.07, 6.45) is 1.70. The van der Waals surface area contributed by atoms with Gasteiger partial charge < -0.3 is 11.1 Å². The molecule has 1 aromatic carbocycles. The van der Waals surface area contributed by atoms with Gasteiger partial charge in [-0.2, -0.15) is 4.98 Å². The molecule has 0 saturated carbocycles. The minimum atomic E-state index is 0.503. The molecule has 0 aliphatic heterocycles. The number of nitrogens with two attached hydrogens (primary N) is 1. The Morgan fingerprint density at radius 3 is 2.94 bits per heavy atom. The van der Waals surface area contributed by atoms with Gasteiger partial charge in [0.1, 0.15) is 0 Å². The molecule has 2 heterocycles. The third-order valence-electron chi connectivity index (χ3n) is 2.44. The summed E-state index contributed by atoms with van der Waals surface area (Å²) in [6.45, 7) is 0. The second kappa shape index (κ2) is 4.19. The van der Waals surface area contributed by atoms with Gasteiger partial charge in [-0.1, -0.05) is 17.7 Å². The number of hydrogen-bond donors (Lipinski definition) is 2. The number of benzene rings is 1. The van der Waals surface area contributed by atoms with Crippen molar-refractivity contribution in [2.45, 2.75) is 0 Å². The van der Waals surface area contributed by atoms with Gasteiger partial charge >= 0.3 is 0 Å². The lowest BCUT2D eigenvalue weighted by molar-refractivity contribution is 0.965. The van der Waals surface area contributed by atoms with E-state index in [9.17, 15) is 0 Å². The van der Waals surface area contributed by atoms with E-state index in [-0.39, 0.29) is 0 Å². The quantitative estimate of drug-likeness (QED) is 0.695. The number of nitrogen functional groups attached to an aromatic ring is 1. The summed E-state index contributed by atoms with van der Waals surface area (Å²) >= 11 is 5.88. The zero-order chi connectivity index (χ0) is 12.5. The van der Waals surface area contributed by atoms with E-state index in [0.29, 0.717) is 16.7 Å². The maximum absolute atomic E-state index is 5.88. The molecule has 3 aromatic rings. The number of aromatic nitrogens is 3. The first-order chi connectivity index (χ1) is 8.70. The molecule has 5 nitrogen and oxygen atoms in total. The average Bonchev–Trinajstić information content (AvgIpc) is 2.70. The molecular weight excluding hydrogens is 250 g/mol. The van der Waals surface area contributed by atoms with Crippen molar-refractivity contribution in [2.24, 2.45) is 0 Å². The Hall–Kier alpha value is -2.27. The summed E-state index contributed by atoms with van der Waals surface area (Å²) < 4.78 is 1.62. The molecule has 0 aliphatic rings. The predicted molar refractivity (Wildman–Crippen MR) is 72.1 cm³/mol. The summed E-state index contributed by atoms with van der Waals surface area (Å²) in [5, 5.41) is 7.97. The Labute approximate surface area is 108 Å². The van der Waals surface area contributed by atoms with Gasteiger partial charge in [-0.05, 0) is 30.3 Å². The summed E-state index contributed by atoms with van der Waals surface area (Å²) in [6, 6.07) is 11.0. The van der Waals surface area contributed by atoms with Crippen molar-refractivity contribution in [3.8, 4) is 0 Å². The predicted octanol–water partition coefficient (Wildman–Crippen LogP) is 2.71. The number of fused-ring (bicyclic) bond motifs is 1. The van der Waals surface area contributed by atoms with Gasteiger partial charge in [0.2, 0.25) is 5.95 Å². The molecule has 0 aliphatic carbocycles. The van der Waals surface area contributed by atoms with Gasteiger partial charge in [0, 0.05) is 17.6 Å². The normalized spacial score (nSPS) is 10.7. The smallest absolute Gasteiger partial charge is 0.247 e. The van der Waals surface area contributed by atoms with Crippen LogP contribution in [0.15, 0.2) is 42.6 Å². The van der Waals surface area contributed by atoms with E-state index in [1.54, 1.807) is 22.8 Å². The van der Waals surface area contributed by atoms with E-state index in [4.69, 9.17) is 17.3 Å². The molecule has 0 saturated heterocycles. The highest BCUT2D eigenvalue weighted by Crippen LogP contribution is 2.17. The first kappa shape index (κ1) is 10.9. The molecule has 18 heavy (non-hydrogen) atoms. The number of anilines is 3. The van der Waals surface area contributed by atoms with Crippen molar-refractivity contribution >= 4 is 34.6 Å². The highest BCUT2D eigenvalue weighted by molar-refractivity contribution is 6.30. The van der Waals surface area contributed by atoms with E-state index in [1.807, 2.05) is 24.3 Å². The van der Waals surface area contributed by atoms with Crippen molar-refractivity contribution in [2.75, 3.05) is 11.1 Å². The van der Waals surface area contributed by atoms with E-state index in [1.165, 1.54) is 0 Å². The Balaban J connectivity index is 1.95. The standard InChI is InChI=1S/C12H10ClN5/c13-8-4-5-11-16-12(17-18(11)7-8)15-10-3-1-2-9(14)6-10/h1-7H,14H2,(H,15,17). The molecule has 0 unspecified atom stereocenters. The van der Waals surface area contributed by atoms with Crippen LogP contribution >= 0.6 is 11.6 Å². The van der Waals surface area contributed by atoms with Crippen LogP contribution in [-0.2, 0) is 0 Å². The fraction of sp³-hybridized carbons (Fsp3) is 0. The van der Waals surface area contributed by atoms with Gasteiger partial charge in [-0.25, -0.2) is 4.52 Å². The van der Waals surface area contributed by atoms with Crippen LogP contribution in [0.2, 0.25) is 5.02 Å². The van der Waals surface area contributed by atoms with Gasteiger partial charge in [0.25, 0.3) is 0 Å². The van der Waals surface area contributed by atoms with Crippen LogP contribution < -0.4 is 11.1 Å². The van der Waals surface area contributed by atoms with Crippen LogP contribution in [0, 0.1) is 0 Å². The average molecular weight is 260 g/mol. The van der Waals surface area contributed by atoms with Crippen LogP contribution in [-0.4, -0.2) is 14.6 Å². The molecular formula is C12H10ClN5. The van der Waals surface area contributed by atoms with Crippen molar-refractivity contribution < 1.29 is 0 Å². The zero-order valence-electron chi connectivity index (χ0n) is 9.34. The maximum Gasteiger partial charge on any atom is 0.247 e. The van der Waals surface area contributed by atoms with Crippen LogP contribution in [0.1, 0.15) is 0 Å². The number of nitrogens with one attached hydrogen (secondary N) is 1. The second-order valence-corrected chi connectivity index (χ2v) is 4.27. The lowest BCUT2D eigenvalue weighted by Crippen LogP contribution is -1.94. The number of pyridine rings is 1. The highest BCUT2D eigenvalue weighted by atomic mass is 35.5. The molecule has 6 heteroatoms. The number of halogens is 1. The van der Waals surface area contributed by atoms with Gasteiger partial charge in [-0.3, -0.25) is 0 Å². The van der Waals surface area contributed by atoms with E-state index < -0.39 is 0 Å². The fourth-order valence-electron chi connectivity index (χ4n) is 1.66. The molecule has 0 amide bonds. The molecule has 2 aromatic heterocycles. The summed E-state index contributed by atoms with van der Waals surface area (Å²) in [5.41, 5.74) is 7.96. The van der Waals surface area contributed by atoms with Crippen LogP contribution in [0.4, 0.5) is 17.3 Å². The van der Waals surface area contributed by atoms with Crippen LogP contribution in [0.3, 0.4) is 0 Å². The third-order valence-corrected chi connectivity index (χ3v) is 2.66. The largest absolute Gasteiger partial charge is 0.399 e. The lowest BCUT2D eigenvalue weighted by atomic mass is 10.3. The highest BCUT2D eigenvalue weighted by Gasteiger charge is 2.04. The Kier molecular flexibility index (Phi) is 2.53. The minimum Gasteiger partial charge on any atom is -0.399 e. The molecule has 0 atom stereocenters. The molecule has 3 N–H and O–H groups in total. The molecule has 90 valence electrons. The van der Waals surface area contributed by atoms with E-state index in [2.05, 4.69) is 15.4 Å². The third kappa shape index (κ3) is 2.08. The number of hydrogen-bond acceptors (Lipinski definition) is 4. The van der Waals surface area contributed by atoms with E-state index in [0.717, 1.165) is 11.3 Å². The molecule has 0 radical (unpaired) electrons. The monoisotopic (exact) mass is 259 g/mol. The van der Waals surface area contributed by atoms with Crippen molar-refractivity contribution in [3.05, 3.63) is 47.6 Å². The lowest BCUT2D eigenvalue weighted by Gasteiger charge is -2.01. The first-order valence-electron chi connectivity index (χ1n) is 5.35. The topological polar surface area (TPSA) is 68.2 Å². The molecule has 3 rings (SSSR count). The summed E-state index contributed by atoms with van der Waals surface area (Å²) in [5.74, 6) is 0.503. The minimum absolute atomic E-state index is 0.503. The van der Waals surface area contributed by atoms with Gasteiger partial charge in [0.15, 0.2) is 5.65 Å². The number of nitrogens with zero attached hydrogens (tertiary/aromatic N) is 3. The van der Waals surface area contributed by atoms with Crippen molar-refractivity contribution in [1.29, 1.82) is 0 Å². The summed E-state index contributed by atoms with van der Waals surface area (Å²) in [7, 11) is 0. The van der Waals surface area contributed by atoms with Gasteiger partial charge in [0.05, 0.1) is 5.02 Å². The maximum atomic E-state index is 5.88. The SMILES string of the molecule is Nc1cccc(Nc2nc3ccc(Cl)cn3n2)c1. The van der Waals surface area contributed by atoms with Crippen molar-refractivity contribution in [1.82, 2.24) is 14.6 Å². The van der Waals surface area contributed by atoms with Gasteiger partial charge in [-0.15, -0.1) is 5.10 Å². The molecule has 0 bridgehead atoms. The Morgan fingerprint density at radius 2 is 2.11 bits per heavy atom. The Bertz CT molecular complexity index is 707. The molecule has 0 fully saturated rings. The fourth-order valence-corrected chi connectivity index (χ4v) is 1.81. The zero-order valence-corrected chi connectivity index (χ0v) is 10.1.